The Hall–Kier alpha value is -2.01. The van der Waals surface area contributed by atoms with Gasteiger partial charge in [0.2, 0.25) is 0 Å². The summed E-state index contributed by atoms with van der Waals surface area (Å²) in [5.74, 6) is 1.24. The summed E-state index contributed by atoms with van der Waals surface area (Å²) in [5.41, 5.74) is 4.60. The van der Waals surface area contributed by atoms with Crippen LogP contribution in [0.5, 0.6) is 0 Å². The fourth-order valence-electron chi connectivity index (χ4n) is 9.68. The number of aromatic nitrogens is 1. The van der Waals surface area contributed by atoms with Crippen molar-refractivity contribution in [2.75, 3.05) is 14.1 Å². The highest BCUT2D eigenvalue weighted by Crippen LogP contribution is 2.75. The van der Waals surface area contributed by atoms with Gasteiger partial charge >= 0.3 is 0 Å². The lowest BCUT2D eigenvalue weighted by molar-refractivity contribution is -0.0639. The SMILES string of the molecule is CN(C)[C@@H]1C[C@@]23CC[C@@]4(C2)C(=CC[C@]2(C)[C@@H](c5ccc6ccncc6c5)CC[C@@H]42)C=C3[C@H](O)[C@@H]1O. The molecule has 0 amide bonds. The van der Waals surface area contributed by atoms with Gasteiger partial charge in [0.15, 0.2) is 0 Å². The number of pyridine rings is 1. The van der Waals surface area contributed by atoms with E-state index in [9.17, 15) is 10.2 Å². The Balaban J connectivity index is 1.29. The molecule has 3 saturated carbocycles. The maximum Gasteiger partial charge on any atom is 0.103 e. The monoisotopic (exact) mass is 470 g/mol. The van der Waals surface area contributed by atoms with Gasteiger partial charge in [0.1, 0.15) is 6.10 Å². The molecule has 0 aliphatic heterocycles. The van der Waals surface area contributed by atoms with E-state index in [4.69, 9.17) is 0 Å². The van der Waals surface area contributed by atoms with Crippen LogP contribution in [0.15, 0.2) is 60.0 Å². The summed E-state index contributed by atoms with van der Waals surface area (Å²) in [4.78, 5) is 6.50. The molecule has 1 aromatic carbocycles. The lowest BCUT2D eigenvalue weighted by atomic mass is 9.49. The topological polar surface area (TPSA) is 56.6 Å². The molecular weight excluding hydrogens is 432 g/mol. The molecule has 184 valence electrons. The van der Waals surface area contributed by atoms with Crippen molar-refractivity contribution in [3.05, 3.63) is 65.5 Å². The summed E-state index contributed by atoms with van der Waals surface area (Å²) in [5, 5.41) is 24.7. The van der Waals surface area contributed by atoms with Crippen LogP contribution in [0.4, 0.5) is 0 Å². The molecule has 4 nitrogen and oxygen atoms in total. The number of nitrogens with zero attached hydrogens (tertiary/aromatic N) is 2. The summed E-state index contributed by atoms with van der Waals surface area (Å²) < 4.78 is 0. The lowest BCUT2D eigenvalue weighted by Crippen LogP contribution is -2.57. The smallest absolute Gasteiger partial charge is 0.103 e. The number of hydrogen-bond donors (Lipinski definition) is 2. The van der Waals surface area contributed by atoms with Crippen LogP contribution in [0.2, 0.25) is 0 Å². The fourth-order valence-corrected chi connectivity index (χ4v) is 9.68. The summed E-state index contributed by atoms with van der Waals surface area (Å²) >= 11 is 0. The van der Waals surface area contributed by atoms with E-state index in [1.165, 1.54) is 41.2 Å². The summed E-state index contributed by atoms with van der Waals surface area (Å²) in [6.07, 6.45) is 15.4. The van der Waals surface area contributed by atoms with Gasteiger partial charge in [-0.1, -0.05) is 31.2 Å². The molecule has 1 aromatic heterocycles. The molecule has 5 aliphatic carbocycles. The number of aliphatic hydroxyl groups excluding tert-OH is 2. The first kappa shape index (κ1) is 22.2. The van der Waals surface area contributed by atoms with E-state index < -0.39 is 12.2 Å². The first-order valence-corrected chi connectivity index (χ1v) is 13.6. The highest BCUT2D eigenvalue weighted by molar-refractivity contribution is 5.82. The zero-order chi connectivity index (χ0) is 24.2. The van der Waals surface area contributed by atoms with Gasteiger partial charge in [-0.05, 0) is 121 Å². The van der Waals surface area contributed by atoms with Crippen LogP contribution in [-0.4, -0.2) is 52.4 Å². The van der Waals surface area contributed by atoms with Crippen LogP contribution in [0, 0.1) is 22.2 Å². The van der Waals surface area contributed by atoms with E-state index in [0.717, 1.165) is 31.3 Å². The summed E-state index contributed by atoms with van der Waals surface area (Å²) in [6.45, 7) is 2.57. The number of rotatable bonds is 2. The Kier molecular flexibility index (Phi) is 4.62. The average molecular weight is 471 g/mol. The minimum atomic E-state index is -0.746. The highest BCUT2D eigenvalue weighted by Gasteiger charge is 2.66. The van der Waals surface area contributed by atoms with Crippen molar-refractivity contribution in [3.8, 4) is 0 Å². The molecule has 2 spiro atoms. The second kappa shape index (κ2) is 7.27. The van der Waals surface area contributed by atoms with Crippen LogP contribution < -0.4 is 0 Å². The van der Waals surface area contributed by atoms with Crippen LogP contribution in [-0.2, 0) is 0 Å². The van der Waals surface area contributed by atoms with Gasteiger partial charge in [-0.25, -0.2) is 0 Å². The van der Waals surface area contributed by atoms with Crippen LogP contribution >= 0.6 is 0 Å². The zero-order valence-electron chi connectivity index (χ0n) is 21.2. The number of benzene rings is 1. The Morgan fingerprint density at radius 1 is 1.06 bits per heavy atom. The molecule has 5 aliphatic rings. The standard InChI is InChI=1S/C31H38N2O2/c1-29-10-8-22-15-24-27(34)28(35)25(33(2)3)16-30(24)11-12-31(22,18-30)26(29)7-6-23(29)20-5-4-19-9-13-32-17-21(19)14-20/h4-5,8-9,13-15,17,23,25-28,34-35H,6-7,10-12,16,18H2,1-3H3/t23-,25-,26-,27+,28-,29-,30+,31-/m1/s1. The van der Waals surface area contributed by atoms with Crippen molar-refractivity contribution in [2.24, 2.45) is 22.2 Å². The molecule has 1 heterocycles. The van der Waals surface area contributed by atoms with E-state index in [2.05, 4.69) is 53.2 Å². The van der Waals surface area contributed by atoms with Gasteiger partial charge in [0.25, 0.3) is 0 Å². The van der Waals surface area contributed by atoms with Gasteiger partial charge in [-0.2, -0.15) is 0 Å². The Labute approximate surface area is 208 Å². The molecule has 35 heavy (non-hydrogen) atoms. The summed E-state index contributed by atoms with van der Waals surface area (Å²) in [6, 6.07) is 9.16. The van der Waals surface area contributed by atoms with Crippen molar-refractivity contribution in [1.29, 1.82) is 0 Å². The number of aliphatic hydroxyl groups is 2. The van der Waals surface area contributed by atoms with E-state index >= 15 is 0 Å². The van der Waals surface area contributed by atoms with E-state index in [-0.39, 0.29) is 22.3 Å². The Bertz CT molecular complexity index is 1270. The third-order valence-corrected chi connectivity index (χ3v) is 11.3. The number of hydrogen-bond acceptors (Lipinski definition) is 4. The summed E-state index contributed by atoms with van der Waals surface area (Å²) in [7, 11) is 4.09. The van der Waals surface area contributed by atoms with Gasteiger partial charge in [-0.3, -0.25) is 4.98 Å². The first-order chi connectivity index (χ1) is 16.8. The molecule has 0 radical (unpaired) electrons. The van der Waals surface area contributed by atoms with Crippen molar-refractivity contribution in [2.45, 2.75) is 76.0 Å². The second-order valence-electron chi connectivity index (χ2n) is 12.9. The van der Waals surface area contributed by atoms with Crippen molar-refractivity contribution in [1.82, 2.24) is 9.88 Å². The molecule has 0 unspecified atom stereocenters. The van der Waals surface area contributed by atoms with Crippen LogP contribution in [0.25, 0.3) is 10.8 Å². The number of fused-ring (bicyclic) bond motifs is 2. The molecule has 2 N–H and O–H groups in total. The van der Waals surface area contributed by atoms with Gasteiger partial charge in [0.05, 0.1) is 6.10 Å². The zero-order valence-corrected chi connectivity index (χ0v) is 21.2. The van der Waals surface area contributed by atoms with Gasteiger partial charge in [-0.15, -0.1) is 0 Å². The molecule has 0 saturated heterocycles. The third-order valence-electron chi connectivity index (χ3n) is 11.3. The minimum Gasteiger partial charge on any atom is -0.388 e. The van der Waals surface area contributed by atoms with E-state index in [1.807, 2.05) is 26.5 Å². The van der Waals surface area contributed by atoms with Gasteiger partial charge < -0.3 is 15.1 Å². The quantitative estimate of drug-likeness (QED) is 0.632. The average Bonchev–Trinajstić information content (AvgIpc) is 3.37. The molecule has 3 fully saturated rings. The predicted molar refractivity (Wildman–Crippen MR) is 139 cm³/mol. The number of allylic oxidation sites excluding steroid dienone is 3. The van der Waals surface area contributed by atoms with Crippen molar-refractivity contribution >= 4 is 10.8 Å². The number of likely N-dealkylation sites (N-methyl/N-ethyl adjacent to an activating group) is 1. The Morgan fingerprint density at radius 3 is 2.74 bits per heavy atom. The Morgan fingerprint density at radius 2 is 1.91 bits per heavy atom. The van der Waals surface area contributed by atoms with Gasteiger partial charge in [0, 0.05) is 23.8 Å². The minimum absolute atomic E-state index is 0.0142. The molecule has 7 rings (SSSR count). The fraction of sp³-hybridized carbons (Fsp3) is 0.581. The molecule has 2 aromatic rings. The van der Waals surface area contributed by atoms with E-state index in [1.54, 1.807) is 0 Å². The molecule has 2 bridgehead atoms. The van der Waals surface area contributed by atoms with E-state index in [0.29, 0.717) is 11.8 Å². The second-order valence-corrected chi connectivity index (χ2v) is 12.9. The van der Waals surface area contributed by atoms with Crippen LogP contribution in [0.1, 0.15) is 63.4 Å². The highest BCUT2D eigenvalue weighted by atomic mass is 16.3. The molecular formula is C31H38N2O2. The lowest BCUT2D eigenvalue weighted by Gasteiger charge is -2.56. The van der Waals surface area contributed by atoms with Crippen molar-refractivity contribution < 1.29 is 10.2 Å². The first-order valence-electron chi connectivity index (χ1n) is 13.6. The molecule has 4 heteroatoms. The van der Waals surface area contributed by atoms with Crippen LogP contribution in [0.3, 0.4) is 0 Å². The maximum atomic E-state index is 11.2. The predicted octanol–water partition coefficient (Wildman–Crippen LogP) is 5.22. The molecule has 8 atom stereocenters. The third kappa shape index (κ3) is 2.82. The maximum absolute atomic E-state index is 11.2. The van der Waals surface area contributed by atoms with Crippen molar-refractivity contribution in [3.63, 3.8) is 0 Å². The normalized spacial score (nSPS) is 44.0. The largest absolute Gasteiger partial charge is 0.388 e.